The highest BCUT2D eigenvalue weighted by molar-refractivity contribution is 7.18. The number of fused-ring (bicyclic) bond motifs is 2. The van der Waals surface area contributed by atoms with E-state index in [2.05, 4.69) is 21.0 Å². The summed E-state index contributed by atoms with van der Waals surface area (Å²) in [7, 11) is 1.98. The van der Waals surface area contributed by atoms with Gasteiger partial charge in [-0.05, 0) is 25.2 Å². The molecule has 0 atom stereocenters. The third kappa shape index (κ3) is 3.09. The minimum absolute atomic E-state index is 0.0723. The molecule has 2 heterocycles. The molecule has 0 spiro atoms. The molecule has 2 aromatic carbocycles. The lowest BCUT2D eigenvalue weighted by Gasteiger charge is -2.15. The van der Waals surface area contributed by atoms with Gasteiger partial charge in [-0.3, -0.25) is 19.7 Å². The predicted octanol–water partition coefficient (Wildman–Crippen LogP) is 3.64. The average molecular weight is 353 g/mol. The number of para-hydroxylation sites is 1. The van der Waals surface area contributed by atoms with E-state index >= 15 is 0 Å². The number of thiazole rings is 1. The van der Waals surface area contributed by atoms with Crippen molar-refractivity contribution in [2.24, 2.45) is 0 Å². The topological polar surface area (TPSA) is 77.1 Å². The normalized spacial score (nSPS) is 11.6. The fourth-order valence-electron chi connectivity index (χ4n) is 2.78. The molecule has 2 aromatic heterocycles. The van der Waals surface area contributed by atoms with E-state index in [1.54, 1.807) is 34.3 Å². The third-order valence-electron chi connectivity index (χ3n) is 3.96. The van der Waals surface area contributed by atoms with Gasteiger partial charge in [0.2, 0.25) is 0 Å². The van der Waals surface area contributed by atoms with Crippen LogP contribution in [0.3, 0.4) is 0 Å². The Morgan fingerprint density at radius 3 is 2.92 bits per heavy atom. The first-order chi connectivity index (χ1) is 12.1. The van der Waals surface area contributed by atoms with Crippen LogP contribution in [0.2, 0.25) is 0 Å². The zero-order chi connectivity index (χ0) is 17.4. The molecule has 0 unspecified atom stereocenters. The maximum absolute atomic E-state index is 11.0. The van der Waals surface area contributed by atoms with Crippen LogP contribution in [0.5, 0.6) is 0 Å². The maximum atomic E-state index is 11.0. The van der Waals surface area contributed by atoms with Gasteiger partial charge in [0.1, 0.15) is 5.01 Å². The number of benzene rings is 2. The summed E-state index contributed by atoms with van der Waals surface area (Å²) in [5, 5.41) is 17.3. The average Bonchev–Trinajstić information content (AvgIpc) is 3.17. The Bertz CT molecular complexity index is 1040. The van der Waals surface area contributed by atoms with Gasteiger partial charge in [-0.25, -0.2) is 4.98 Å². The molecule has 7 nitrogen and oxygen atoms in total. The second-order valence-corrected chi connectivity index (χ2v) is 6.99. The molecule has 0 fully saturated rings. The number of non-ortho nitro benzene ring substituents is 1. The number of nitrogens with zero attached hydrogens (tertiary/aromatic N) is 5. The Labute approximate surface area is 147 Å². The highest BCUT2D eigenvalue weighted by Gasteiger charge is 2.12. The van der Waals surface area contributed by atoms with Crippen molar-refractivity contribution in [2.75, 3.05) is 7.05 Å². The molecule has 0 saturated heterocycles. The van der Waals surface area contributed by atoms with Crippen molar-refractivity contribution in [3.63, 3.8) is 0 Å². The van der Waals surface area contributed by atoms with Crippen LogP contribution < -0.4 is 0 Å². The van der Waals surface area contributed by atoms with Gasteiger partial charge in [0.25, 0.3) is 5.69 Å². The molecule has 0 N–H and O–H groups in total. The molecule has 0 saturated carbocycles. The monoisotopic (exact) mass is 353 g/mol. The largest absolute Gasteiger partial charge is 0.281 e. The maximum Gasteiger partial charge on any atom is 0.271 e. The van der Waals surface area contributed by atoms with Crippen molar-refractivity contribution >= 4 is 38.1 Å². The summed E-state index contributed by atoms with van der Waals surface area (Å²) in [6.07, 6.45) is 1.73. The van der Waals surface area contributed by atoms with Crippen LogP contribution in [0.15, 0.2) is 48.7 Å². The standard InChI is InChI=1S/C17H15N5O2S/c1-20(10-17-19-14-4-2-3-5-16(14)25-17)11-21-15-8-13(22(23)24)7-6-12(15)9-18-21/h2-9H,10-11H2,1H3. The predicted molar refractivity (Wildman–Crippen MR) is 97.5 cm³/mol. The van der Waals surface area contributed by atoms with Crippen molar-refractivity contribution in [3.8, 4) is 0 Å². The SMILES string of the molecule is CN(Cc1nc2ccccc2s1)Cn1ncc2ccc([N+](=O)[O-])cc21. The Kier molecular flexibility index (Phi) is 3.90. The van der Waals surface area contributed by atoms with E-state index in [-0.39, 0.29) is 10.6 Å². The van der Waals surface area contributed by atoms with E-state index in [1.165, 1.54) is 10.8 Å². The summed E-state index contributed by atoms with van der Waals surface area (Å²) >= 11 is 1.68. The molecule has 0 aliphatic rings. The van der Waals surface area contributed by atoms with Gasteiger partial charge < -0.3 is 0 Å². The lowest BCUT2D eigenvalue weighted by Crippen LogP contribution is -2.22. The Hall–Kier alpha value is -2.84. The van der Waals surface area contributed by atoms with E-state index in [0.29, 0.717) is 13.2 Å². The van der Waals surface area contributed by atoms with E-state index in [4.69, 9.17) is 0 Å². The fourth-order valence-corrected chi connectivity index (χ4v) is 3.83. The quantitative estimate of drug-likeness (QED) is 0.404. The van der Waals surface area contributed by atoms with E-state index in [9.17, 15) is 10.1 Å². The lowest BCUT2D eigenvalue weighted by molar-refractivity contribution is -0.384. The van der Waals surface area contributed by atoms with Gasteiger partial charge in [-0.2, -0.15) is 5.10 Å². The summed E-state index contributed by atoms with van der Waals surface area (Å²) in [4.78, 5) is 17.3. The zero-order valence-electron chi connectivity index (χ0n) is 13.5. The molecule has 0 aliphatic heterocycles. The molecule has 4 rings (SSSR count). The number of rotatable bonds is 5. The molecule has 0 radical (unpaired) electrons. The molecular weight excluding hydrogens is 338 g/mol. The van der Waals surface area contributed by atoms with Crippen molar-refractivity contribution in [3.05, 3.63) is 63.8 Å². The van der Waals surface area contributed by atoms with Crippen molar-refractivity contribution in [1.29, 1.82) is 0 Å². The van der Waals surface area contributed by atoms with Gasteiger partial charge in [-0.1, -0.05) is 12.1 Å². The third-order valence-corrected chi connectivity index (χ3v) is 4.98. The number of hydrogen-bond acceptors (Lipinski definition) is 6. The zero-order valence-corrected chi connectivity index (χ0v) is 14.3. The number of aromatic nitrogens is 3. The van der Waals surface area contributed by atoms with Crippen LogP contribution in [-0.2, 0) is 13.2 Å². The lowest BCUT2D eigenvalue weighted by atomic mass is 10.2. The van der Waals surface area contributed by atoms with Crippen LogP contribution in [0, 0.1) is 10.1 Å². The minimum atomic E-state index is -0.387. The molecular formula is C17H15N5O2S. The Morgan fingerprint density at radius 2 is 2.12 bits per heavy atom. The van der Waals surface area contributed by atoms with Gasteiger partial charge in [-0.15, -0.1) is 11.3 Å². The number of nitro benzene ring substituents is 1. The number of hydrogen-bond donors (Lipinski definition) is 0. The van der Waals surface area contributed by atoms with E-state index in [1.807, 2.05) is 25.2 Å². The summed E-state index contributed by atoms with van der Waals surface area (Å²) in [5.41, 5.74) is 1.84. The molecule has 0 amide bonds. The minimum Gasteiger partial charge on any atom is -0.281 e. The van der Waals surface area contributed by atoms with Crippen LogP contribution >= 0.6 is 11.3 Å². The molecule has 0 aliphatic carbocycles. The van der Waals surface area contributed by atoms with E-state index in [0.717, 1.165) is 21.4 Å². The van der Waals surface area contributed by atoms with Crippen LogP contribution in [0.1, 0.15) is 5.01 Å². The van der Waals surface area contributed by atoms with E-state index < -0.39 is 0 Å². The van der Waals surface area contributed by atoms with Crippen LogP contribution in [-0.4, -0.2) is 31.6 Å². The number of nitro groups is 1. The van der Waals surface area contributed by atoms with Crippen LogP contribution in [0.25, 0.3) is 21.1 Å². The van der Waals surface area contributed by atoms with Gasteiger partial charge >= 0.3 is 0 Å². The second kappa shape index (κ2) is 6.23. The van der Waals surface area contributed by atoms with Gasteiger partial charge in [0.05, 0.1) is 40.1 Å². The Balaban J connectivity index is 1.55. The van der Waals surface area contributed by atoms with Crippen molar-refractivity contribution in [1.82, 2.24) is 19.7 Å². The molecule has 25 heavy (non-hydrogen) atoms. The first-order valence-corrected chi connectivity index (χ1v) is 8.55. The molecule has 8 heteroatoms. The second-order valence-electron chi connectivity index (χ2n) is 5.88. The summed E-state index contributed by atoms with van der Waals surface area (Å²) in [5.74, 6) is 0. The molecule has 4 aromatic rings. The highest BCUT2D eigenvalue weighted by Crippen LogP contribution is 2.23. The van der Waals surface area contributed by atoms with Crippen molar-refractivity contribution in [2.45, 2.75) is 13.2 Å². The van der Waals surface area contributed by atoms with Crippen molar-refractivity contribution < 1.29 is 4.92 Å². The summed E-state index contributed by atoms with van der Waals surface area (Å²) in [6.45, 7) is 1.22. The first kappa shape index (κ1) is 15.7. The summed E-state index contributed by atoms with van der Waals surface area (Å²) in [6, 6.07) is 12.9. The first-order valence-electron chi connectivity index (χ1n) is 7.73. The highest BCUT2D eigenvalue weighted by atomic mass is 32.1. The molecule has 0 bridgehead atoms. The molecule has 126 valence electrons. The summed E-state index contributed by atoms with van der Waals surface area (Å²) < 4.78 is 2.95. The van der Waals surface area contributed by atoms with Crippen LogP contribution in [0.4, 0.5) is 5.69 Å². The smallest absolute Gasteiger partial charge is 0.271 e. The fraction of sp³-hybridized carbons (Fsp3) is 0.176. The van der Waals surface area contributed by atoms with Gasteiger partial charge in [0, 0.05) is 17.5 Å². The Morgan fingerprint density at radius 1 is 1.28 bits per heavy atom. The van der Waals surface area contributed by atoms with Gasteiger partial charge in [0.15, 0.2) is 0 Å².